The molecule has 4 nitrogen and oxygen atoms in total. The van der Waals surface area contributed by atoms with E-state index in [-0.39, 0.29) is 24.7 Å². The van der Waals surface area contributed by atoms with Crippen LogP contribution in [0.2, 0.25) is 0 Å². The molecule has 0 bridgehead atoms. The Kier molecular flexibility index (Phi) is 6.29. The number of hydrogen-bond donors (Lipinski definition) is 2. The van der Waals surface area contributed by atoms with Crippen LogP contribution in [0.1, 0.15) is 49.3 Å². The number of alkyl carbamates (subject to hydrolysis) is 1. The summed E-state index contributed by atoms with van der Waals surface area (Å²) in [6, 6.07) is 19.3. The molecule has 1 amide bonds. The van der Waals surface area contributed by atoms with Crippen molar-refractivity contribution >= 4 is 6.09 Å². The highest BCUT2D eigenvalue weighted by Gasteiger charge is 2.41. The smallest absolute Gasteiger partial charge is 0.407 e. The van der Waals surface area contributed by atoms with Crippen molar-refractivity contribution in [1.82, 2.24) is 5.32 Å². The first-order valence-electron chi connectivity index (χ1n) is 9.36. The maximum atomic E-state index is 12.5. The maximum absolute atomic E-state index is 12.5. The van der Waals surface area contributed by atoms with Gasteiger partial charge in [-0.05, 0) is 24.0 Å². The van der Waals surface area contributed by atoms with Crippen molar-refractivity contribution in [3.63, 3.8) is 0 Å². The summed E-state index contributed by atoms with van der Waals surface area (Å²) >= 11 is 0. The van der Waals surface area contributed by atoms with Crippen LogP contribution in [0.4, 0.5) is 4.79 Å². The van der Waals surface area contributed by atoms with E-state index in [1.807, 2.05) is 60.7 Å². The number of hydrogen-bond acceptors (Lipinski definition) is 3. The summed E-state index contributed by atoms with van der Waals surface area (Å²) in [7, 11) is 0. The first-order chi connectivity index (χ1) is 12.7. The van der Waals surface area contributed by atoms with E-state index in [2.05, 4.69) is 5.32 Å². The molecule has 0 aromatic heterocycles. The Morgan fingerprint density at radius 2 is 1.62 bits per heavy atom. The van der Waals surface area contributed by atoms with E-state index in [0.717, 1.165) is 36.8 Å². The quantitative estimate of drug-likeness (QED) is 0.798. The first kappa shape index (κ1) is 18.5. The Morgan fingerprint density at radius 3 is 2.23 bits per heavy atom. The Hall–Kier alpha value is -2.33. The number of rotatable bonds is 6. The van der Waals surface area contributed by atoms with Gasteiger partial charge in [0.05, 0.1) is 12.6 Å². The topological polar surface area (TPSA) is 58.6 Å². The summed E-state index contributed by atoms with van der Waals surface area (Å²) in [6.45, 7) is 0.297. The fourth-order valence-electron chi connectivity index (χ4n) is 3.91. The SMILES string of the molecule is O=C(NC(c1ccccc1)C1(CO)CCCCC1)OCc1ccccc1. The van der Waals surface area contributed by atoms with Gasteiger partial charge in [-0.15, -0.1) is 0 Å². The summed E-state index contributed by atoms with van der Waals surface area (Å²) in [6.07, 6.45) is 4.70. The van der Waals surface area contributed by atoms with Crippen molar-refractivity contribution in [1.29, 1.82) is 0 Å². The Labute approximate surface area is 155 Å². The van der Waals surface area contributed by atoms with Crippen LogP contribution in [0.5, 0.6) is 0 Å². The van der Waals surface area contributed by atoms with Crippen LogP contribution >= 0.6 is 0 Å². The monoisotopic (exact) mass is 353 g/mol. The summed E-state index contributed by atoms with van der Waals surface area (Å²) in [5.74, 6) is 0. The van der Waals surface area contributed by atoms with Gasteiger partial charge in [-0.2, -0.15) is 0 Å². The van der Waals surface area contributed by atoms with Gasteiger partial charge in [0.2, 0.25) is 0 Å². The van der Waals surface area contributed by atoms with E-state index in [1.165, 1.54) is 6.42 Å². The zero-order chi connectivity index (χ0) is 18.2. The van der Waals surface area contributed by atoms with Crippen molar-refractivity contribution in [2.75, 3.05) is 6.61 Å². The van der Waals surface area contributed by atoms with Crippen LogP contribution in [0, 0.1) is 5.41 Å². The lowest BCUT2D eigenvalue weighted by Gasteiger charge is -2.42. The molecule has 1 aliphatic rings. The predicted octanol–water partition coefficient (Wildman–Crippen LogP) is 4.60. The number of nitrogens with one attached hydrogen (secondary N) is 1. The third-order valence-corrected chi connectivity index (χ3v) is 5.38. The Morgan fingerprint density at radius 1 is 1.00 bits per heavy atom. The molecule has 0 spiro atoms. The Balaban J connectivity index is 1.74. The number of benzene rings is 2. The van der Waals surface area contributed by atoms with Gasteiger partial charge in [-0.25, -0.2) is 4.79 Å². The third-order valence-electron chi connectivity index (χ3n) is 5.38. The van der Waals surface area contributed by atoms with Crippen molar-refractivity contribution in [2.45, 2.75) is 44.8 Å². The molecule has 1 fully saturated rings. The van der Waals surface area contributed by atoms with E-state index in [9.17, 15) is 9.90 Å². The van der Waals surface area contributed by atoms with Crippen molar-refractivity contribution in [3.05, 3.63) is 71.8 Å². The van der Waals surface area contributed by atoms with Gasteiger partial charge < -0.3 is 15.2 Å². The number of aliphatic hydroxyl groups excluding tert-OH is 1. The second-order valence-corrected chi connectivity index (χ2v) is 7.13. The number of carbonyl (C=O) groups excluding carboxylic acids is 1. The molecule has 0 heterocycles. The largest absolute Gasteiger partial charge is 0.445 e. The lowest BCUT2D eigenvalue weighted by atomic mass is 9.67. The molecule has 4 heteroatoms. The highest BCUT2D eigenvalue weighted by Crippen LogP contribution is 2.45. The zero-order valence-electron chi connectivity index (χ0n) is 15.1. The molecule has 2 aromatic carbocycles. The number of carbonyl (C=O) groups is 1. The lowest BCUT2D eigenvalue weighted by molar-refractivity contribution is 0.0380. The van der Waals surface area contributed by atoms with Gasteiger partial charge in [-0.1, -0.05) is 79.9 Å². The van der Waals surface area contributed by atoms with Crippen molar-refractivity contribution < 1.29 is 14.6 Å². The average Bonchev–Trinajstić information content (AvgIpc) is 2.72. The zero-order valence-corrected chi connectivity index (χ0v) is 15.1. The molecule has 0 radical (unpaired) electrons. The van der Waals surface area contributed by atoms with Gasteiger partial charge in [-0.3, -0.25) is 0 Å². The standard InChI is InChI=1S/C22H27NO3/c24-17-22(14-8-3-9-15-22)20(19-12-6-2-7-13-19)23-21(25)26-16-18-10-4-1-5-11-18/h1-2,4-7,10-13,20,24H,3,8-9,14-17H2,(H,23,25). The summed E-state index contributed by atoms with van der Waals surface area (Å²) in [4.78, 5) is 12.5. The molecule has 0 saturated heterocycles. The molecular weight excluding hydrogens is 326 g/mol. The molecule has 138 valence electrons. The molecule has 3 rings (SSSR count). The number of amides is 1. The maximum Gasteiger partial charge on any atom is 0.407 e. The molecule has 0 aliphatic heterocycles. The molecule has 2 aromatic rings. The fraction of sp³-hybridized carbons (Fsp3) is 0.409. The van der Waals surface area contributed by atoms with Crippen LogP contribution in [0.3, 0.4) is 0 Å². The van der Waals surface area contributed by atoms with Crippen molar-refractivity contribution in [3.8, 4) is 0 Å². The minimum Gasteiger partial charge on any atom is -0.445 e. The van der Waals surface area contributed by atoms with E-state index < -0.39 is 6.09 Å². The van der Waals surface area contributed by atoms with Crippen LogP contribution in [-0.2, 0) is 11.3 Å². The van der Waals surface area contributed by atoms with Gasteiger partial charge in [0.15, 0.2) is 0 Å². The Bertz CT molecular complexity index is 681. The van der Waals surface area contributed by atoms with Gasteiger partial charge >= 0.3 is 6.09 Å². The van der Waals surface area contributed by atoms with Crippen molar-refractivity contribution in [2.24, 2.45) is 5.41 Å². The molecule has 1 unspecified atom stereocenters. The molecule has 26 heavy (non-hydrogen) atoms. The molecular formula is C22H27NO3. The highest BCUT2D eigenvalue weighted by atomic mass is 16.5. The molecule has 2 N–H and O–H groups in total. The van der Waals surface area contributed by atoms with Crippen LogP contribution in [0.15, 0.2) is 60.7 Å². The minimum absolute atomic E-state index is 0.0610. The second kappa shape index (κ2) is 8.86. The molecule has 1 saturated carbocycles. The first-order valence-corrected chi connectivity index (χ1v) is 9.36. The van der Waals surface area contributed by atoms with E-state index in [1.54, 1.807) is 0 Å². The van der Waals surface area contributed by atoms with E-state index in [4.69, 9.17) is 4.74 Å². The van der Waals surface area contributed by atoms with Gasteiger partial charge in [0.1, 0.15) is 6.61 Å². The third kappa shape index (κ3) is 4.44. The normalized spacial score (nSPS) is 17.3. The van der Waals surface area contributed by atoms with Gasteiger partial charge in [0, 0.05) is 5.41 Å². The van der Waals surface area contributed by atoms with Crippen LogP contribution < -0.4 is 5.32 Å². The number of aliphatic hydroxyl groups is 1. The predicted molar refractivity (Wildman–Crippen MR) is 102 cm³/mol. The molecule has 1 aliphatic carbocycles. The second-order valence-electron chi connectivity index (χ2n) is 7.13. The average molecular weight is 353 g/mol. The minimum atomic E-state index is -0.443. The highest BCUT2D eigenvalue weighted by molar-refractivity contribution is 5.68. The lowest BCUT2D eigenvalue weighted by Crippen LogP contribution is -2.44. The van der Waals surface area contributed by atoms with Crippen LogP contribution in [-0.4, -0.2) is 17.8 Å². The van der Waals surface area contributed by atoms with Gasteiger partial charge in [0.25, 0.3) is 0 Å². The fourth-order valence-corrected chi connectivity index (χ4v) is 3.91. The van der Waals surface area contributed by atoms with E-state index in [0.29, 0.717) is 0 Å². The number of ether oxygens (including phenoxy) is 1. The summed E-state index contributed by atoms with van der Waals surface area (Å²) in [5, 5.41) is 13.2. The summed E-state index contributed by atoms with van der Waals surface area (Å²) < 4.78 is 5.43. The molecule has 1 atom stereocenters. The van der Waals surface area contributed by atoms with Crippen LogP contribution in [0.25, 0.3) is 0 Å². The van der Waals surface area contributed by atoms with E-state index >= 15 is 0 Å². The summed E-state index contributed by atoms with van der Waals surface area (Å²) in [5.41, 5.74) is 1.64.